The van der Waals surface area contributed by atoms with Gasteiger partial charge >= 0.3 is 0 Å². The van der Waals surface area contributed by atoms with Gasteiger partial charge in [0.05, 0.1) is 10.6 Å². The predicted octanol–water partition coefficient (Wildman–Crippen LogP) is 2.26. The topological polar surface area (TPSA) is 51.8 Å². The summed E-state index contributed by atoms with van der Waals surface area (Å²) in [6.45, 7) is 0.650. The Balaban J connectivity index is 2.19. The molecule has 15 heavy (non-hydrogen) atoms. The van der Waals surface area contributed by atoms with Crippen molar-refractivity contribution in [1.29, 1.82) is 0 Å². The average Bonchev–Trinajstić information content (AvgIpc) is 2.80. The molecule has 78 valence electrons. The fourth-order valence-corrected chi connectivity index (χ4v) is 2.42. The van der Waals surface area contributed by atoms with Crippen molar-refractivity contribution in [3.05, 3.63) is 29.8 Å². The summed E-state index contributed by atoms with van der Waals surface area (Å²) in [6.07, 6.45) is 1.79. The van der Waals surface area contributed by atoms with Gasteiger partial charge in [0.2, 0.25) is 0 Å². The van der Waals surface area contributed by atoms with Crippen LogP contribution in [0.5, 0.6) is 0 Å². The second-order valence-electron chi connectivity index (χ2n) is 2.84. The molecule has 0 aliphatic rings. The molecule has 2 N–H and O–H groups in total. The van der Waals surface area contributed by atoms with Crippen molar-refractivity contribution < 1.29 is 0 Å². The SMILES string of the molecule is NCCSc1nccc(-c2cccs2)n1. The summed E-state index contributed by atoms with van der Waals surface area (Å²) in [7, 11) is 0. The fraction of sp³-hybridized carbons (Fsp3) is 0.200. The lowest BCUT2D eigenvalue weighted by molar-refractivity contribution is 0.971. The zero-order valence-electron chi connectivity index (χ0n) is 8.09. The number of nitrogens with zero attached hydrogens (tertiary/aromatic N) is 2. The maximum absolute atomic E-state index is 5.43. The molecular weight excluding hydrogens is 226 g/mol. The molecule has 0 aromatic carbocycles. The molecule has 0 saturated heterocycles. The molecule has 0 spiro atoms. The lowest BCUT2D eigenvalue weighted by atomic mass is 10.3. The number of hydrogen-bond donors (Lipinski definition) is 1. The lowest BCUT2D eigenvalue weighted by Gasteiger charge is -2.00. The Labute approximate surface area is 96.8 Å². The van der Waals surface area contributed by atoms with Gasteiger partial charge in [-0.2, -0.15) is 0 Å². The second-order valence-corrected chi connectivity index (χ2v) is 4.85. The molecule has 0 fully saturated rings. The van der Waals surface area contributed by atoms with Crippen LogP contribution < -0.4 is 5.73 Å². The first-order valence-electron chi connectivity index (χ1n) is 4.60. The maximum atomic E-state index is 5.43. The minimum absolute atomic E-state index is 0.650. The van der Waals surface area contributed by atoms with Crippen LogP contribution in [0, 0.1) is 0 Å². The van der Waals surface area contributed by atoms with E-state index < -0.39 is 0 Å². The van der Waals surface area contributed by atoms with E-state index in [9.17, 15) is 0 Å². The van der Waals surface area contributed by atoms with Gasteiger partial charge in [0.15, 0.2) is 5.16 Å². The van der Waals surface area contributed by atoms with Crippen LogP contribution in [0.2, 0.25) is 0 Å². The largest absolute Gasteiger partial charge is 0.330 e. The molecule has 0 saturated carbocycles. The van der Waals surface area contributed by atoms with Gasteiger partial charge in [-0.3, -0.25) is 0 Å². The van der Waals surface area contributed by atoms with Crippen LogP contribution in [0.15, 0.2) is 34.9 Å². The molecule has 0 radical (unpaired) electrons. The van der Waals surface area contributed by atoms with Gasteiger partial charge < -0.3 is 5.73 Å². The van der Waals surface area contributed by atoms with Gasteiger partial charge in [-0.05, 0) is 17.5 Å². The highest BCUT2D eigenvalue weighted by Crippen LogP contribution is 2.23. The van der Waals surface area contributed by atoms with E-state index in [1.54, 1.807) is 29.3 Å². The van der Waals surface area contributed by atoms with Crippen LogP contribution in [0.25, 0.3) is 10.6 Å². The summed E-state index contributed by atoms with van der Waals surface area (Å²) in [5.74, 6) is 0.855. The second kappa shape index (κ2) is 5.25. The van der Waals surface area contributed by atoms with Crippen LogP contribution >= 0.6 is 23.1 Å². The third-order valence-corrected chi connectivity index (χ3v) is 3.54. The average molecular weight is 237 g/mol. The Morgan fingerprint density at radius 1 is 1.40 bits per heavy atom. The minimum atomic E-state index is 0.650. The number of hydrogen-bond acceptors (Lipinski definition) is 5. The third-order valence-electron chi connectivity index (χ3n) is 1.76. The number of thioether (sulfide) groups is 1. The maximum Gasteiger partial charge on any atom is 0.188 e. The predicted molar refractivity (Wildman–Crippen MR) is 65.1 cm³/mol. The number of rotatable bonds is 4. The highest BCUT2D eigenvalue weighted by molar-refractivity contribution is 7.99. The summed E-state index contributed by atoms with van der Waals surface area (Å²) < 4.78 is 0. The van der Waals surface area contributed by atoms with Crippen molar-refractivity contribution in [2.75, 3.05) is 12.3 Å². The van der Waals surface area contributed by atoms with Crippen LogP contribution in [-0.4, -0.2) is 22.3 Å². The fourth-order valence-electron chi connectivity index (χ4n) is 1.12. The number of thiophene rings is 1. The van der Waals surface area contributed by atoms with Gasteiger partial charge in [-0.25, -0.2) is 9.97 Å². The normalized spacial score (nSPS) is 10.5. The third kappa shape index (κ3) is 2.77. The van der Waals surface area contributed by atoms with Crippen molar-refractivity contribution >= 4 is 23.1 Å². The van der Waals surface area contributed by atoms with Gasteiger partial charge in [0.25, 0.3) is 0 Å². The van der Waals surface area contributed by atoms with Gasteiger partial charge in [0, 0.05) is 18.5 Å². The molecule has 0 atom stereocenters. The Kier molecular flexibility index (Phi) is 3.71. The molecule has 5 heteroatoms. The Morgan fingerprint density at radius 3 is 3.07 bits per heavy atom. The van der Waals surface area contributed by atoms with E-state index in [1.165, 1.54) is 4.88 Å². The molecule has 2 aromatic heterocycles. The first-order chi connectivity index (χ1) is 7.40. The Hall–Kier alpha value is -0.910. The van der Waals surface area contributed by atoms with E-state index in [1.807, 2.05) is 17.5 Å². The van der Waals surface area contributed by atoms with E-state index in [0.29, 0.717) is 6.54 Å². The minimum Gasteiger partial charge on any atom is -0.330 e. The van der Waals surface area contributed by atoms with Gasteiger partial charge in [0.1, 0.15) is 0 Å². The van der Waals surface area contributed by atoms with Crippen LogP contribution in [0.1, 0.15) is 0 Å². The highest BCUT2D eigenvalue weighted by atomic mass is 32.2. The smallest absolute Gasteiger partial charge is 0.188 e. The van der Waals surface area contributed by atoms with E-state index in [-0.39, 0.29) is 0 Å². The van der Waals surface area contributed by atoms with Gasteiger partial charge in [-0.1, -0.05) is 17.8 Å². The Bertz CT molecular complexity index is 414. The van der Waals surface area contributed by atoms with E-state index in [0.717, 1.165) is 16.6 Å². The molecule has 2 aromatic rings. The van der Waals surface area contributed by atoms with E-state index in [2.05, 4.69) is 16.0 Å². The van der Waals surface area contributed by atoms with Crippen molar-refractivity contribution in [1.82, 2.24) is 9.97 Å². The molecular formula is C10H11N3S2. The molecule has 0 amide bonds. The van der Waals surface area contributed by atoms with Crippen molar-refractivity contribution in [2.45, 2.75) is 5.16 Å². The number of aromatic nitrogens is 2. The molecule has 0 aliphatic carbocycles. The summed E-state index contributed by atoms with van der Waals surface area (Å²) in [5.41, 5.74) is 6.42. The monoisotopic (exact) mass is 237 g/mol. The summed E-state index contributed by atoms with van der Waals surface area (Å²) >= 11 is 3.27. The van der Waals surface area contributed by atoms with Crippen molar-refractivity contribution in [2.24, 2.45) is 5.73 Å². The van der Waals surface area contributed by atoms with Gasteiger partial charge in [-0.15, -0.1) is 11.3 Å². The van der Waals surface area contributed by atoms with Crippen LogP contribution in [0.3, 0.4) is 0 Å². The highest BCUT2D eigenvalue weighted by Gasteiger charge is 2.02. The molecule has 0 bridgehead atoms. The Morgan fingerprint density at radius 2 is 2.33 bits per heavy atom. The zero-order chi connectivity index (χ0) is 10.5. The van der Waals surface area contributed by atoms with Crippen LogP contribution in [0.4, 0.5) is 0 Å². The standard InChI is InChI=1S/C10H11N3S2/c11-4-7-15-10-12-5-3-8(13-10)9-2-1-6-14-9/h1-3,5-6H,4,7,11H2. The first-order valence-corrected chi connectivity index (χ1v) is 6.46. The number of nitrogens with two attached hydrogens (primary N) is 1. The molecule has 0 unspecified atom stereocenters. The molecule has 0 aliphatic heterocycles. The lowest BCUT2D eigenvalue weighted by Crippen LogP contribution is -2.02. The summed E-state index contributed by atoms with van der Waals surface area (Å²) in [5, 5.41) is 2.84. The molecule has 3 nitrogen and oxygen atoms in total. The quantitative estimate of drug-likeness (QED) is 0.654. The van der Waals surface area contributed by atoms with E-state index >= 15 is 0 Å². The zero-order valence-corrected chi connectivity index (χ0v) is 9.72. The van der Waals surface area contributed by atoms with Crippen molar-refractivity contribution in [3.8, 4) is 10.6 Å². The van der Waals surface area contributed by atoms with E-state index in [4.69, 9.17) is 5.73 Å². The first kappa shape index (κ1) is 10.6. The van der Waals surface area contributed by atoms with Crippen LogP contribution in [-0.2, 0) is 0 Å². The molecule has 2 heterocycles. The van der Waals surface area contributed by atoms with Crippen molar-refractivity contribution in [3.63, 3.8) is 0 Å². The summed E-state index contributed by atoms with van der Waals surface area (Å²) in [4.78, 5) is 9.82. The molecule has 2 rings (SSSR count). The summed E-state index contributed by atoms with van der Waals surface area (Å²) in [6, 6.07) is 6.01.